The van der Waals surface area contributed by atoms with Crippen molar-refractivity contribution in [3.05, 3.63) is 154 Å². The monoisotopic (exact) mass is 1320 g/mol. The van der Waals surface area contributed by atoms with Crippen LogP contribution in [0, 0.1) is 0 Å². The minimum Gasteiger partial charge on any atom is -0.505 e. The van der Waals surface area contributed by atoms with Crippen molar-refractivity contribution >= 4 is 78.7 Å². The van der Waals surface area contributed by atoms with E-state index in [-0.39, 0.29) is 51.4 Å². The fraction of sp³-hybridized carbons (Fsp3) is 0.311. The molecular weight excluding hydrogens is 1240 g/mol. The van der Waals surface area contributed by atoms with Gasteiger partial charge in [-0.3, -0.25) is 30.5 Å². The van der Waals surface area contributed by atoms with Crippen molar-refractivity contribution < 1.29 is 84.9 Å². The average Bonchev–Trinajstić information content (AvgIpc) is 0.767. The van der Waals surface area contributed by atoms with E-state index in [1.54, 1.807) is 79.7 Å². The van der Waals surface area contributed by atoms with Gasteiger partial charge in [0, 0.05) is 48.5 Å². The topological polar surface area (TPSA) is 416 Å². The van der Waals surface area contributed by atoms with Crippen LogP contribution in [0.4, 0.5) is 16.2 Å². The second kappa shape index (κ2) is 39.8. The lowest BCUT2D eigenvalue weighted by Gasteiger charge is -2.20. The molecule has 1 aromatic heterocycles. The van der Waals surface area contributed by atoms with E-state index in [0.29, 0.717) is 47.0 Å². The summed E-state index contributed by atoms with van der Waals surface area (Å²) < 4.78 is 82.3. The van der Waals surface area contributed by atoms with Crippen molar-refractivity contribution in [3.63, 3.8) is 0 Å². The number of amidine groups is 2. The Kier molecular flexibility index (Phi) is 33.0. The van der Waals surface area contributed by atoms with Gasteiger partial charge in [0.25, 0.3) is 31.4 Å². The van der Waals surface area contributed by atoms with E-state index in [4.69, 9.17) is 39.9 Å². The number of carboxylic acid groups (broad SMARTS) is 1. The van der Waals surface area contributed by atoms with Gasteiger partial charge in [0.15, 0.2) is 17.3 Å². The molecule has 2 aliphatic rings. The number of methoxy groups -OCH3 is 4. The highest BCUT2D eigenvalue weighted by Gasteiger charge is 2.32. The number of esters is 3. The molecule has 5 aromatic carbocycles. The number of ketones is 1. The summed E-state index contributed by atoms with van der Waals surface area (Å²) in [5.74, 6) is 2.67. The van der Waals surface area contributed by atoms with Crippen molar-refractivity contribution in [3.8, 4) is 28.5 Å². The van der Waals surface area contributed by atoms with Gasteiger partial charge in [-0.2, -0.15) is 32.3 Å². The predicted molar refractivity (Wildman–Crippen MR) is 343 cm³/mol. The molecule has 0 atom stereocenters. The lowest BCUT2D eigenvalue weighted by atomic mass is 10.1. The first-order chi connectivity index (χ1) is 44.0. The van der Waals surface area contributed by atoms with E-state index in [1.807, 2.05) is 43.3 Å². The number of ether oxygens (including phenoxy) is 5. The van der Waals surface area contributed by atoms with Crippen LogP contribution in [0.2, 0.25) is 0 Å². The third-order valence-electron chi connectivity index (χ3n) is 12.1. The maximum absolute atomic E-state index is 13.2. The highest BCUT2D eigenvalue weighted by molar-refractivity contribution is 7.91. The zero-order chi connectivity index (χ0) is 68.2. The second-order valence-electron chi connectivity index (χ2n) is 18.6. The van der Waals surface area contributed by atoms with Crippen LogP contribution in [0.5, 0.6) is 17.2 Å². The number of nitrogens with two attached hydrogens (primary N) is 1. The number of nitrogens with zero attached hydrogens (tertiary/aromatic N) is 5. The third kappa shape index (κ3) is 24.0. The molecule has 9 N–H and O–H groups in total. The molecule has 6 aromatic rings. The molecule has 0 amide bonds. The van der Waals surface area contributed by atoms with Gasteiger partial charge in [-0.15, -0.1) is 8.80 Å². The van der Waals surface area contributed by atoms with Crippen LogP contribution in [-0.2, 0) is 60.1 Å². The van der Waals surface area contributed by atoms with Gasteiger partial charge >= 0.3 is 24.1 Å². The number of fused-ring (bicyclic) bond motifs is 2. The van der Waals surface area contributed by atoms with Gasteiger partial charge in [0.2, 0.25) is 0 Å². The summed E-state index contributed by atoms with van der Waals surface area (Å²) in [7, 11) is -2.58. The van der Waals surface area contributed by atoms with Crippen molar-refractivity contribution in [2.75, 3.05) is 58.8 Å². The Balaban J connectivity index is 0.000000319. The van der Waals surface area contributed by atoms with Crippen LogP contribution in [-0.4, -0.2) is 137 Å². The highest BCUT2D eigenvalue weighted by Crippen LogP contribution is 2.35. The van der Waals surface area contributed by atoms with Crippen LogP contribution < -0.4 is 42.4 Å². The molecule has 0 saturated carbocycles. The van der Waals surface area contributed by atoms with Crippen molar-refractivity contribution in [2.24, 2.45) is 19.7 Å². The van der Waals surface area contributed by atoms with E-state index in [9.17, 15) is 45.9 Å². The highest BCUT2D eigenvalue weighted by atomic mass is 32.2. The summed E-state index contributed by atoms with van der Waals surface area (Å²) >= 11 is 0. The van der Waals surface area contributed by atoms with E-state index in [1.165, 1.54) is 64.2 Å². The van der Waals surface area contributed by atoms with Crippen molar-refractivity contribution in [1.29, 1.82) is 0 Å². The zero-order valence-electron chi connectivity index (χ0n) is 51.9. The number of unbranched alkanes of at least 4 members (excludes halogenated alkanes) is 3. The maximum Gasteiger partial charge on any atom is 0.537 e. The third-order valence-corrected chi connectivity index (χ3v) is 14.8. The number of aromatic hydroxyl groups is 1. The van der Waals surface area contributed by atoms with Gasteiger partial charge in [0.1, 0.15) is 44.8 Å². The molecule has 29 nitrogen and oxygen atoms in total. The number of carbonyl (C=O) groups excluding carboxylic acids is 4. The Morgan fingerprint density at radius 3 is 1.64 bits per heavy atom. The fourth-order valence-electron chi connectivity index (χ4n) is 7.53. The average molecular weight is 1320 g/mol. The first-order valence-electron chi connectivity index (χ1n) is 28.3. The Hall–Kier alpha value is -10.1. The van der Waals surface area contributed by atoms with Crippen LogP contribution in [0.25, 0.3) is 11.3 Å². The number of sulfonamides is 2. The number of carbonyl (C=O) groups is 5. The van der Waals surface area contributed by atoms with Gasteiger partial charge in [-0.1, -0.05) is 131 Å². The lowest BCUT2D eigenvalue weighted by molar-refractivity contribution is -0.194. The van der Waals surface area contributed by atoms with E-state index in [0.717, 1.165) is 37.9 Å². The number of hydrazine groups is 1. The standard InChI is InChI=1S/C22H22N4O5S.C13H18N2O2.C12H14N2O5S.C9H8O3.C4H12N2.CH2O4/c1-3-4-12-26-22(28)18(20(27)19(24-26)14-8-6-5-7-9-14)21-23-16-11-10-15(31-2)13-17(16)32(29,30)25-21;1-3-4-10-14-15-12(13(16)17-2)11-8-6-5-7-9-11;1-3-19-12(15)7-11-13-9-5-4-8(18-2)6-10(9)20(16,17)14-11;1-12-9(11)8(10)7-5-3-2-4-6-7;1-2-3-4-6-5;2-1(3)5-4/h5-11,13,27H,3-4,12H2,1-2H3,(H,23,25);5-9,14H,3-4,10H2,1-2H3;4-6H,3,7H2,1-2H3,(H,13,14);2-6H,1H3;6H,2-5H2,1H3;4H,(H,2,3)/b;15-12-;;;;. The number of aromatic nitrogens is 2. The molecule has 496 valence electrons. The van der Waals surface area contributed by atoms with Gasteiger partial charge in [-0.25, -0.2) is 19.1 Å². The van der Waals surface area contributed by atoms with Crippen LogP contribution in [0.15, 0.2) is 156 Å². The molecule has 0 bridgehead atoms. The molecule has 0 spiro atoms. The van der Waals surface area contributed by atoms with Crippen molar-refractivity contribution in [1.82, 2.24) is 20.6 Å². The number of nitrogens with one attached hydrogen (secondary N) is 4. The molecule has 2 aliphatic heterocycles. The summed E-state index contributed by atoms with van der Waals surface area (Å²) in [6, 6.07) is 35.4. The molecule has 8 rings (SSSR count). The second-order valence-corrected chi connectivity index (χ2v) is 21.8. The molecule has 0 aliphatic carbocycles. The summed E-state index contributed by atoms with van der Waals surface area (Å²) in [4.78, 5) is 69.5. The minimum atomic E-state index is -4.15. The van der Waals surface area contributed by atoms with Crippen LogP contribution >= 0.6 is 0 Å². The van der Waals surface area contributed by atoms with Gasteiger partial charge in [-0.05, 0) is 50.5 Å². The van der Waals surface area contributed by atoms with E-state index >= 15 is 0 Å². The largest absolute Gasteiger partial charge is 0.537 e. The Bertz CT molecular complexity index is 3780. The SMILES string of the molecule is CCCCN/N=C(\C(=O)OC)c1ccccc1.CCCCNN.CCCCn1nc(-c2ccccc2)c(O)c(C2=NS(=O)(=O)c3cc(OC)ccc3N2)c1=O.CCOC(=O)CC1=NS(=O)(=O)c2cc(OC)ccc2N1.COC(=O)C(=O)c1ccccc1.O=C(O)OO. The molecule has 3 heterocycles. The number of hydrogen-bond donors (Lipinski definition) is 8. The van der Waals surface area contributed by atoms with Crippen LogP contribution in [0.3, 0.4) is 0 Å². The summed E-state index contributed by atoms with van der Waals surface area (Å²) in [5.41, 5.74) is 7.33. The predicted octanol–water partition coefficient (Wildman–Crippen LogP) is 7.55. The number of Topliss-reactive ketones (excluding diaryl/α,β-unsaturated/α-hetero) is 1. The van der Waals surface area contributed by atoms with E-state index in [2.05, 4.69) is 64.0 Å². The normalized spacial score (nSPS) is 12.5. The number of rotatable bonds is 21. The molecule has 0 radical (unpaired) electrons. The minimum absolute atomic E-state index is 0.0180. The van der Waals surface area contributed by atoms with E-state index < -0.39 is 61.2 Å². The summed E-state index contributed by atoms with van der Waals surface area (Å²) in [6.07, 6.45) is 4.10. The number of hydrogen-bond acceptors (Lipinski definition) is 25. The van der Waals surface area contributed by atoms with Crippen LogP contribution in [0.1, 0.15) is 94.1 Å². The number of benzene rings is 5. The molecule has 92 heavy (non-hydrogen) atoms. The smallest absolute Gasteiger partial charge is 0.505 e. The first-order valence-corrected chi connectivity index (χ1v) is 31.2. The maximum atomic E-state index is 13.2. The lowest BCUT2D eigenvalue weighted by Crippen LogP contribution is -2.34. The molecule has 0 unspecified atom stereocenters. The molecular formula is C61H76N10O19S2. The quantitative estimate of drug-likeness (QED) is 0.00397. The molecule has 0 saturated heterocycles. The number of hydrazone groups is 1. The van der Waals surface area contributed by atoms with Gasteiger partial charge in [0.05, 0.1) is 46.4 Å². The Morgan fingerprint density at radius 2 is 1.16 bits per heavy atom. The number of aryl methyl sites for hydroxylation is 1. The molecule has 31 heteroatoms. The molecule has 0 fully saturated rings. The number of anilines is 2. The van der Waals surface area contributed by atoms with Gasteiger partial charge < -0.3 is 50.0 Å². The fourth-order valence-corrected chi connectivity index (χ4v) is 9.83. The zero-order valence-corrected chi connectivity index (χ0v) is 53.5. The first kappa shape index (κ1) is 76.2. The summed E-state index contributed by atoms with van der Waals surface area (Å²) in [5, 5.41) is 39.4. The Morgan fingerprint density at radius 1 is 0.663 bits per heavy atom. The summed E-state index contributed by atoms with van der Waals surface area (Å²) in [6.45, 7) is 10.1. The Labute approximate surface area is 532 Å². The van der Waals surface area contributed by atoms with Crippen molar-refractivity contribution in [2.45, 2.75) is 89.0 Å².